The molecular weight excluding hydrogens is 376 g/mol. The molecule has 1 saturated heterocycles. The zero-order valence-corrected chi connectivity index (χ0v) is 16.2. The number of carboxylic acid groups (broad SMARTS) is 1. The molecule has 0 spiro atoms. The highest BCUT2D eigenvalue weighted by Gasteiger charge is 2.35. The Morgan fingerprint density at radius 3 is 2.48 bits per heavy atom. The van der Waals surface area contributed by atoms with Gasteiger partial charge in [-0.05, 0) is 42.0 Å². The number of benzene rings is 2. The van der Waals surface area contributed by atoms with E-state index >= 15 is 0 Å². The summed E-state index contributed by atoms with van der Waals surface area (Å²) in [5.74, 6) is -0.998. The van der Waals surface area contributed by atoms with Crippen LogP contribution < -0.4 is 19.7 Å². The minimum Gasteiger partial charge on any atom is -0.497 e. The molecule has 0 radical (unpaired) electrons. The third kappa shape index (κ3) is 4.48. The first-order valence-electron chi connectivity index (χ1n) is 9.05. The van der Waals surface area contributed by atoms with Crippen LogP contribution in [0.2, 0.25) is 0 Å². The second-order valence-corrected chi connectivity index (χ2v) is 6.66. The molecule has 8 nitrogen and oxygen atoms in total. The molecule has 2 N–H and O–H groups in total. The first-order valence-corrected chi connectivity index (χ1v) is 9.05. The van der Waals surface area contributed by atoms with E-state index in [0.717, 1.165) is 0 Å². The lowest BCUT2D eigenvalue weighted by atomic mass is 10.1. The summed E-state index contributed by atoms with van der Waals surface area (Å²) >= 11 is 0. The molecule has 2 aromatic rings. The number of carbonyl (C=O) groups excluding carboxylic acids is 2. The Balaban J connectivity index is 1.62. The molecule has 1 aliphatic heterocycles. The van der Waals surface area contributed by atoms with Gasteiger partial charge in [-0.25, -0.2) is 4.79 Å². The molecule has 1 heterocycles. The second kappa shape index (κ2) is 8.64. The Labute approximate surface area is 168 Å². The van der Waals surface area contributed by atoms with E-state index in [-0.39, 0.29) is 36.1 Å². The van der Waals surface area contributed by atoms with Gasteiger partial charge >= 0.3 is 5.97 Å². The van der Waals surface area contributed by atoms with Crippen LogP contribution >= 0.6 is 0 Å². The number of amides is 2. The quantitative estimate of drug-likeness (QED) is 0.740. The number of methoxy groups -OCH3 is 2. The molecule has 2 amide bonds. The number of nitrogens with one attached hydrogen (secondary N) is 1. The molecule has 1 aliphatic rings. The number of ether oxygens (including phenoxy) is 2. The number of anilines is 1. The van der Waals surface area contributed by atoms with Gasteiger partial charge in [-0.2, -0.15) is 0 Å². The van der Waals surface area contributed by atoms with Crippen LogP contribution in [0.25, 0.3) is 0 Å². The minimum atomic E-state index is -1.11. The van der Waals surface area contributed by atoms with E-state index in [1.807, 2.05) is 0 Å². The van der Waals surface area contributed by atoms with E-state index in [9.17, 15) is 19.5 Å². The van der Waals surface area contributed by atoms with Gasteiger partial charge in [0.1, 0.15) is 17.1 Å². The summed E-state index contributed by atoms with van der Waals surface area (Å²) in [7, 11) is 2.97. The lowest BCUT2D eigenvalue weighted by Crippen LogP contribution is -2.32. The molecule has 1 atom stereocenters. The first kappa shape index (κ1) is 20.2. The fourth-order valence-corrected chi connectivity index (χ4v) is 3.26. The molecule has 8 heteroatoms. The molecule has 1 unspecified atom stereocenters. The van der Waals surface area contributed by atoms with Gasteiger partial charge in [-0.1, -0.05) is 6.07 Å². The third-order valence-electron chi connectivity index (χ3n) is 4.84. The van der Waals surface area contributed by atoms with Crippen LogP contribution in [-0.4, -0.2) is 43.7 Å². The average molecular weight is 398 g/mol. The highest BCUT2D eigenvalue weighted by Crippen LogP contribution is 2.27. The van der Waals surface area contributed by atoms with Crippen molar-refractivity contribution in [2.24, 2.45) is 5.92 Å². The summed E-state index contributed by atoms with van der Waals surface area (Å²) in [5.41, 5.74) is 1.38. The standard InChI is InChI=1S/C21H22N2O6/c1-28-16-6-4-15(5-7-16)23-12-14(10-19(23)24)20(25)22-11-13-3-8-18(29-2)17(9-13)21(26)27/h3-9,14H,10-12H2,1-2H3,(H,22,25)(H,26,27). The molecule has 2 aromatic carbocycles. The predicted molar refractivity (Wildman–Crippen MR) is 105 cm³/mol. The van der Waals surface area contributed by atoms with Crippen molar-refractivity contribution in [3.05, 3.63) is 53.6 Å². The summed E-state index contributed by atoms with van der Waals surface area (Å²) < 4.78 is 10.1. The van der Waals surface area contributed by atoms with Crippen molar-refractivity contribution < 1.29 is 29.0 Å². The highest BCUT2D eigenvalue weighted by molar-refractivity contribution is 6.00. The normalized spacial score (nSPS) is 15.9. The smallest absolute Gasteiger partial charge is 0.339 e. The van der Waals surface area contributed by atoms with Gasteiger partial charge < -0.3 is 24.8 Å². The summed E-state index contributed by atoms with van der Waals surface area (Å²) in [6.45, 7) is 0.455. The van der Waals surface area contributed by atoms with Crippen molar-refractivity contribution in [2.45, 2.75) is 13.0 Å². The molecular formula is C21H22N2O6. The van der Waals surface area contributed by atoms with E-state index in [0.29, 0.717) is 23.5 Å². The van der Waals surface area contributed by atoms with Crippen LogP contribution in [0.1, 0.15) is 22.3 Å². The monoisotopic (exact) mass is 398 g/mol. The van der Waals surface area contributed by atoms with Crippen molar-refractivity contribution >= 4 is 23.5 Å². The minimum absolute atomic E-state index is 0.0287. The molecule has 29 heavy (non-hydrogen) atoms. The Hall–Kier alpha value is -3.55. The van der Waals surface area contributed by atoms with Crippen LogP contribution in [0.15, 0.2) is 42.5 Å². The van der Waals surface area contributed by atoms with E-state index < -0.39 is 11.9 Å². The number of rotatable bonds is 7. The van der Waals surface area contributed by atoms with Crippen LogP contribution in [-0.2, 0) is 16.1 Å². The van der Waals surface area contributed by atoms with Gasteiger partial charge in [0.05, 0.1) is 20.1 Å². The number of carboxylic acids is 1. The van der Waals surface area contributed by atoms with Gasteiger partial charge in [0.15, 0.2) is 0 Å². The van der Waals surface area contributed by atoms with Gasteiger partial charge in [-0.15, -0.1) is 0 Å². The largest absolute Gasteiger partial charge is 0.497 e. The van der Waals surface area contributed by atoms with Crippen molar-refractivity contribution in [2.75, 3.05) is 25.7 Å². The van der Waals surface area contributed by atoms with E-state index in [1.165, 1.54) is 13.2 Å². The van der Waals surface area contributed by atoms with Crippen molar-refractivity contribution in [1.82, 2.24) is 5.32 Å². The van der Waals surface area contributed by atoms with Crippen molar-refractivity contribution in [1.29, 1.82) is 0 Å². The predicted octanol–water partition coefficient (Wildman–Crippen LogP) is 2.07. The number of nitrogens with zero attached hydrogens (tertiary/aromatic N) is 1. The lowest BCUT2D eigenvalue weighted by Gasteiger charge is -2.17. The SMILES string of the molecule is COc1ccc(N2CC(C(=O)NCc3ccc(OC)c(C(=O)O)c3)CC2=O)cc1. The van der Waals surface area contributed by atoms with E-state index in [4.69, 9.17) is 9.47 Å². The summed E-state index contributed by atoms with van der Waals surface area (Å²) in [5, 5.41) is 12.0. The van der Waals surface area contributed by atoms with Gasteiger partial charge in [-0.3, -0.25) is 9.59 Å². The Morgan fingerprint density at radius 2 is 1.86 bits per heavy atom. The van der Waals surface area contributed by atoms with Crippen LogP contribution in [0.3, 0.4) is 0 Å². The number of hydrogen-bond donors (Lipinski definition) is 2. The third-order valence-corrected chi connectivity index (χ3v) is 4.84. The Bertz CT molecular complexity index is 925. The van der Waals surface area contributed by atoms with Crippen molar-refractivity contribution in [3.8, 4) is 11.5 Å². The summed E-state index contributed by atoms with van der Waals surface area (Å²) in [4.78, 5) is 37.8. The first-order chi connectivity index (χ1) is 13.9. The van der Waals surface area contributed by atoms with Crippen LogP contribution in [0.4, 0.5) is 5.69 Å². The molecule has 3 rings (SSSR count). The lowest BCUT2D eigenvalue weighted by molar-refractivity contribution is -0.126. The molecule has 0 aliphatic carbocycles. The molecule has 0 saturated carbocycles. The average Bonchev–Trinajstić information content (AvgIpc) is 3.13. The van der Waals surface area contributed by atoms with E-state index in [1.54, 1.807) is 48.4 Å². The topological polar surface area (TPSA) is 105 Å². The zero-order valence-electron chi connectivity index (χ0n) is 16.2. The van der Waals surface area contributed by atoms with Crippen LogP contribution in [0, 0.1) is 5.92 Å². The van der Waals surface area contributed by atoms with E-state index in [2.05, 4.69) is 5.32 Å². The Morgan fingerprint density at radius 1 is 1.14 bits per heavy atom. The second-order valence-electron chi connectivity index (χ2n) is 6.66. The molecule has 152 valence electrons. The van der Waals surface area contributed by atoms with Crippen molar-refractivity contribution in [3.63, 3.8) is 0 Å². The zero-order chi connectivity index (χ0) is 21.0. The maximum absolute atomic E-state index is 12.5. The molecule has 0 aromatic heterocycles. The fourth-order valence-electron chi connectivity index (χ4n) is 3.26. The highest BCUT2D eigenvalue weighted by atomic mass is 16.5. The number of carbonyl (C=O) groups is 3. The fraction of sp³-hybridized carbons (Fsp3) is 0.286. The number of aromatic carboxylic acids is 1. The van der Waals surface area contributed by atoms with Gasteiger partial charge in [0, 0.05) is 25.2 Å². The number of hydrogen-bond acceptors (Lipinski definition) is 5. The molecule has 1 fully saturated rings. The van der Waals surface area contributed by atoms with Gasteiger partial charge in [0.2, 0.25) is 11.8 Å². The summed E-state index contributed by atoms with van der Waals surface area (Å²) in [6, 6.07) is 11.8. The summed E-state index contributed by atoms with van der Waals surface area (Å²) in [6.07, 6.45) is 0.126. The van der Waals surface area contributed by atoms with Crippen LogP contribution in [0.5, 0.6) is 11.5 Å². The Kier molecular flexibility index (Phi) is 6.01. The maximum atomic E-state index is 12.5. The molecule has 0 bridgehead atoms. The maximum Gasteiger partial charge on any atom is 0.339 e. The van der Waals surface area contributed by atoms with Gasteiger partial charge in [0.25, 0.3) is 0 Å².